The maximum Gasteiger partial charge on any atom is 0.410 e. The van der Waals surface area contributed by atoms with Gasteiger partial charge in [-0.3, -0.25) is 0 Å². The zero-order valence-electron chi connectivity index (χ0n) is 12.9. The number of hydrogen-bond acceptors (Lipinski definition) is 5. The number of thiophene rings is 1. The fraction of sp³-hybridized carbons (Fsp3) is 0.600. The molecular formula is C15H19BrN2O2S2. The van der Waals surface area contributed by atoms with Crippen molar-refractivity contribution in [2.75, 3.05) is 13.1 Å². The normalized spacial score (nSPS) is 17.2. The van der Waals surface area contributed by atoms with Crippen LogP contribution in [0.2, 0.25) is 0 Å². The van der Waals surface area contributed by atoms with Crippen LogP contribution in [-0.4, -0.2) is 34.7 Å². The first-order valence-corrected chi connectivity index (χ1v) is 9.78. The minimum absolute atomic E-state index is 0.199. The van der Waals surface area contributed by atoms with Gasteiger partial charge in [0, 0.05) is 19.0 Å². The Kier molecular flexibility index (Phi) is 4.49. The van der Waals surface area contributed by atoms with E-state index in [2.05, 4.69) is 22.0 Å². The maximum atomic E-state index is 12.1. The Balaban J connectivity index is 1.61. The van der Waals surface area contributed by atoms with Crippen LogP contribution < -0.4 is 0 Å². The highest BCUT2D eigenvalue weighted by Gasteiger charge is 2.29. The lowest BCUT2D eigenvalue weighted by molar-refractivity contribution is 0.0205. The number of thiazole rings is 1. The van der Waals surface area contributed by atoms with Gasteiger partial charge in [-0.05, 0) is 55.6 Å². The van der Waals surface area contributed by atoms with Crippen molar-refractivity contribution >= 4 is 54.2 Å². The molecule has 2 aromatic rings. The summed E-state index contributed by atoms with van der Waals surface area (Å²) in [4.78, 5) is 19.8. The molecule has 1 aliphatic rings. The third-order valence-corrected chi connectivity index (χ3v) is 6.40. The Labute approximate surface area is 146 Å². The van der Waals surface area contributed by atoms with Crippen molar-refractivity contribution in [1.82, 2.24) is 9.88 Å². The van der Waals surface area contributed by atoms with E-state index in [1.54, 1.807) is 22.7 Å². The molecule has 3 heterocycles. The lowest BCUT2D eigenvalue weighted by atomic mass is 9.98. The number of carbonyl (C=O) groups excluding carboxylic acids is 1. The predicted octanol–water partition coefficient (Wildman–Crippen LogP) is 5.23. The second-order valence-electron chi connectivity index (χ2n) is 6.51. The minimum atomic E-state index is -0.430. The summed E-state index contributed by atoms with van der Waals surface area (Å²) in [5, 5.41) is 1.21. The van der Waals surface area contributed by atoms with Crippen LogP contribution >= 0.6 is 38.6 Å². The number of aromatic nitrogens is 1. The second kappa shape index (κ2) is 6.09. The molecule has 0 radical (unpaired) electrons. The molecule has 0 aliphatic carbocycles. The number of amides is 1. The van der Waals surface area contributed by atoms with Crippen LogP contribution in [0.15, 0.2) is 9.85 Å². The van der Waals surface area contributed by atoms with E-state index in [1.807, 2.05) is 25.7 Å². The first kappa shape index (κ1) is 16.2. The Morgan fingerprint density at radius 3 is 2.64 bits per heavy atom. The molecule has 1 amide bonds. The average Bonchev–Trinajstić information content (AvgIpc) is 2.94. The number of nitrogens with zero attached hydrogens (tertiary/aromatic N) is 2. The lowest BCUT2D eigenvalue weighted by Crippen LogP contribution is -2.41. The predicted molar refractivity (Wildman–Crippen MR) is 95.0 cm³/mol. The van der Waals surface area contributed by atoms with Crippen LogP contribution in [0.3, 0.4) is 0 Å². The molecule has 2 aromatic heterocycles. The van der Waals surface area contributed by atoms with Gasteiger partial charge in [-0.15, -0.1) is 22.7 Å². The van der Waals surface area contributed by atoms with Gasteiger partial charge in [-0.2, -0.15) is 0 Å². The number of rotatable bonds is 1. The summed E-state index contributed by atoms with van der Waals surface area (Å²) in [6, 6.07) is 2.14. The van der Waals surface area contributed by atoms with Gasteiger partial charge in [0.1, 0.15) is 10.4 Å². The average molecular weight is 403 g/mol. The highest BCUT2D eigenvalue weighted by Crippen LogP contribution is 2.38. The molecule has 3 rings (SSSR count). The summed E-state index contributed by atoms with van der Waals surface area (Å²) in [7, 11) is 0. The molecule has 1 saturated heterocycles. The van der Waals surface area contributed by atoms with Gasteiger partial charge < -0.3 is 9.64 Å². The highest BCUT2D eigenvalue weighted by molar-refractivity contribution is 9.11. The first-order valence-electron chi connectivity index (χ1n) is 7.35. The number of ether oxygens (including phenoxy) is 1. The van der Waals surface area contributed by atoms with Crippen molar-refractivity contribution in [3.05, 3.63) is 14.9 Å². The van der Waals surface area contributed by atoms with Gasteiger partial charge in [0.05, 0.1) is 13.5 Å². The molecule has 0 aromatic carbocycles. The number of likely N-dealkylation sites (tertiary alicyclic amines) is 1. The first-order chi connectivity index (χ1) is 10.3. The van der Waals surface area contributed by atoms with E-state index in [0.717, 1.165) is 34.5 Å². The summed E-state index contributed by atoms with van der Waals surface area (Å²) in [5.74, 6) is 0.460. The lowest BCUT2D eigenvalue weighted by Gasteiger charge is -2.32. The SMILES string of the molecule is CC(C)(C)OC(=O)N1CCC(c2nc3sc(Br)cc3s2)CC1. The molecule has 1 aliphatic heterocycles. The monoisotopic (exact) mass is 402 g/mol. The Bertz CT molecular complexity index is 650. The number of piperidine rings is 1. The van der Waals surface area contributed by atoms with E-state index < -0.39 is 5.60 Å². The molecule has 22 heavy (non-hydrogen) atoms. The molecule has 0 unspecified atom stereocenters. The van der Waals surface area contributed by atoms with Gasteiger partial charge in [0.15, 0.2) is 0 Å². The molecule has 4 nitrogen and oxygen atoms in total. The van der Waals surface area contributed by atoms with Crippen LogP contribution in [0.25, 0.3) is 9.53 Å². The van der Waals surface area contributed by atoms with Gasteiger partial charge >= 0.3 is 6.09 Å². The van der Waals surface area contributed by atoms with E-state index in [0.29, 0.717) is 5.92 Å². The van der Waals surface area contributed by atoms with Crippen LogP contribution in [0.4, 0.5) is 4.79 Å². The van der Waals surface area contributed by atoms with E-state index >= 15 is 0 Å². The van der Waals surface area contributed by atoms with Crippen LogP contribution in [0.1, 0.15) is 44.5 Å². The Morgan fingerprint density at radius 1 is 1.36 bits per heavy atom. The van der Waals surface area contributed by atoms with Gasteiger partial charge in [0.2, 0.25) is 0 Å². The number of fused-ring (bicyclic) bond motifs is 1. The minimum Gasteiger partial charge on any atom is -0.444 e. The molecule has 0 N–H and O–H groups in total. The smallest absolute Gasteiger partial charge is 0.410 e. The fourth-order valence-electron chi connectivity index (χ4n) is 2.53. The molecule has 0 bridgehead atoms. The molecule has 7 heteroatoms. The summed E-state index contributed by atoms with van der Waals surface area (Å²) < 4.78 is 7.82. The summed E-state index contributed by atoms with van der Waals surface area (Å²) in [6.07, 6.45) is 1.72. The second-order valence-corrected chi connectivity index (χ2v) is 9.99. The zero-order valence-corrected chi connectivity index (χ0v) is 16.1. The van der Waals surface area contributed by atoms with Crippen LogP contribution in [-0.2, 0) is 4.74 Å². The Morgan fingerprint density at radius 2 is 2.05 bits per heavy atom. The molecule has 120 valence electrons. The van der Waals surface area contributed by atoms with E-state index in [-0.39, 0.29) is 6.09 Å². The third kappa shape index (κ3) is 3.63. The summed E-state index contributed by atoms with van der Waals surface area (Å²) in [5.41, 5.74) is -0.430. The van der Waals surface area contributed by atoms with Crippen LogP contribution in [0.5, 0.6) is 0 Å². The molecule has 0 saturated carbocycles. The molecule has 0 spiro atoms. The van der Waals surface area contributed by atoms with Gasteiger partial charge in [0.25, 0.3) is 0 Å². The van der Waals surface area contributed by atoms with Crippen molar-refractivity contribution in [2.24, 2.45) is 0 Å². The maximum absolute atomic E-state index is 12.1. The van der Waals surface area contributed by atoms with Crippen molar-refractivity contribution in [3.63, 3.8) is 0 Å². The molecular weight excluding hydrogens is 384 g/mol. The fourth-order valence-corrected chi connectivity index (χ4v) is 5.50. The van der Waals surface area contributed by atoms with Gasteiger partial charge in [-0.25, -0.2) is 9.78 Å². The van der Waals surface area contributed by atoms with Gasteiger partial charge in [-0.1, -0.05) is 0 Å². The quantitative estimate of drug-likeness (QED) is 0.655. The summed E-state index contributed by atoms with van der Waals surface area (Å²) in [6.45, 7) is 7.20. The number of carbonyl (C=O) groups is 1. The van der Waals surface area contributed by atoms with E-state index in [9.17, 15) is 4.79 Å². The van der Waals surface area contributed by atoms with E-state index in [1.165, 1.54) is 9.71 Å². The van der Waals surface area contributed by atoms with E-state index in [4.69, 9.17) is 9.72 Å². The third-order valence-electron chi connectivity index (χ3n) is 3.57. The topological polar surface area (TPSA) is 42.4 Å². The molecule has 1 fully saturated rings. The zero-order chi connectivity index (χ0) is 15.9. The van der Waals surface area contributed by atoms with Crippen molar-refractivity contribution in [3.8, 4) is 0 Å². The number of halogens is 1. The summed E-state index contributed by atoms with van der Waals surface area (Å²) >= 11 is 6.96. The largest absolute Gasteiger partial charge is 0.444 e. The van der Waals surface area contributed by atoms with Crippen molar-refractivity contribution in [2.45, 2.75) is 45.1 Å². The highest BCUT2D eigenvalue weighted by atomic mass is 79.9. The van der Waals surface area contributed by atoms with Crippen molar-refractivity contribution in [1.29, 1.82) is 0 Å². The molecule has 0 atom stereocenters. The van der Waals surface area contributed by atoms with Crippen LogP contribution in [0, 0.1) is 0 Å². The Hall–Kier alpha value is -0.660. The standard InChI is InChI=1S/C15H19BrN2O2S2/c1-15(2,3)20-14(19)18-6-4-9(5-7-18)12-17-13-10(21-12)8-11(16)22-13/h8-9H,4-7H2,1-3H3. The number of hydrogen-bond donors (Lipinski definition) is 0. The van der Waals surface area contributed by atoms with Crippen molar-refractivity contribution < 1.29 is 9.53 Å².